The normalized spacial score (nSPS) is 11.7. The highest BCUT2D eigenvalue weighted by molar-refractivity contribution is 6.11. The van der Waals surface area contributed by atoms with Gasteiger partial charge in [-0.25, -0.2) is 4.98 Å². The number of aromatic nitrogens is 3. The molecule has 0 spiro atoms. The number of nitriles is 1. The Bertz CT molecular complexity index is 2130. The van der Waals surface area contributed by atoms with E-state index in [0.29, 0.717) is 17.4 Å². The minimum atomic E-state index is 0.350. The second-order valence-electron chi connectivity index (χ2n) is 11.6. The maximum atomic E-state index is 9.74. The molecule has 2 heterocycles. The molecule has 0 aliphatic carbocycles. The van der Waals surface area contributed by atoms with Crippen molar-refractivity contribution < 1.29 is 0 Å². The van der Waals surface area contributed by atoms with Gasteiger partial charge >= 0.3 is 0 Å². The van der Waals surface area contributed by atoms with Crippen molar-refractivity contribution in [3.63, 3.8) is 0 Å². The summed E-state index contributed by atoms with van der Waals surface area (Å²) in [6, 6.07) is 40.5. The van der Waals surface area contributed by atoms with Gasteiger partial charge in [0, 0.05) is 22.0 Å². The van der Waals surface area contributed by atoms with E-state index < -0.39 is 0 Å². The first kappa shape index (κ1) is 25.8. The number of benzene rings is 5. The van der Waals surface area contributed by atoms with E-state index in [-0.39, 0.29) is 0 Å². The Hall–Kier alpha value is -5.14. The molecule has 7 rings (SSSR count). The van der Waals surface area contributed by atoms with Gasteiger partial charge < -0.3 is 4.57 Å². The summed E-state index contributed by atoms with van der Waals surface area (Å²) in [5.74, 6) is 1.62. The number of fused-ring (bicyclic) bond motifs is 4. The molecule has 0 unspecified atom stereocenters. The van der Waals surface area contributed by atoms with E-state index >= 15 is 0 Å². The summed E-state index contributed by atoms with van der Waals surface area (Å²) in [5, 5.41) is 11.9. The lowest BCUT2D eigenvalue weighted by Crippen LogP contribution is -2.08. The molecular weight excluding hydrogens is 512 g/mol. The fourth-order valence-corrected chi connectivity index (χ4v) is 6.30. The van der Waals surface area contributed by atoms with Gasteiger partial charge in [0.1, 0.15) is 5.82 Å². The lowest BCUT2D eigenvalue weighted by atomic mass is 9.92. The molecule has 0 atom stereocenters. The smallest absolute Gasteiger partial charge is 0.145 e. The summed E-state index contributed by atoms with van der Waals surface area (Å²) in [4.78, 5) is 5.25. The van der Waals surface area contributed by atoms with Crippen molar-refractivity contribution in [2.75, 3.05) is 0 Å². The van der Waals surface area contributed by atoms with Gasteiger partial charge in [-0.05, 0) is 83.6 Å². The minimum absolute atomic E-state index is 0.350. The topological polar surface area (TPSA) is 46.5 Å². The van der Waals surface area contributed by atoms with Crippen LogP contribution < -0.4 is 0 Å². The summed E-state index contributed by atoms with van der Waals surface area (Å²) >= 11 is 0. The highest BCUT2D eigenvalue weighted by Gasteiger charge is 2.23. The third kappa shape index (κ3) is 4.01. The zero-order chi connectivity index (χ0) is 29.0. The van der Waals surface area contributed by atoms with Crippen molar-refractivity contribution >= 4 is 32.8 Å². The fourth-order valence-electron chi connectivity index (χ4n) is 6.30. The zero-order valence-corrected chi connectivity index (χ0v) is 24.3. The minimum Gasteiger partial charge on any atom is -0.309 e. The number of para-hydroxylation sites is 4. The van der Waals surface area contributed by atoms with Crippen molar-refractivity contribution in [2.45, 2.75) is 39.5 Å². The maximum absolute atomic E-state index is 9.74. The maximum Gasteiger partial charge on any atom is 0.145 e. The van der Waals surface area contributed by atoms with Crippen LogP contribution in [0.15, 0.2) is 109 Å². The molecule has 0 radical (unpaired) electrons. The predicted octanol–water partition coefficient (Wildman–Crippen LogP) is 9.91. The Labute approximate surface area is 246 Å². The molecule has 42 heavy (non-hydrogen) atoms. The molecule has 4 nitrogen and oxygen atoms in total. The van der Waals surface area contributed by atoms with Gasteiger partial charge in [-0.3, -0.25) is 4.57 Å². The number of hydrogen-bond acceptors (Lipinski definition) is 2. The molecule has 0 aliphatic heterocycles. The highest BCUT2D eigenvalue weighted by Crippen LogP contribution is 2.39. The summed E-state index contributed by atoms with van der Waals surface area (Å²) < 4.78 is 4.65. The van der Waals surface area contributed by atoms with Crippen LogP contribution in [0, 0.1) is 11.3 Å². The molecule has 0 N–H and O–H groups in total. The number of rotatable bonds is 5. The Balaban J connectivity index is 1.57. The molecule has 7 aromatic rings. The van der Waals surface area contributed by atoms with E-state index in [4.69, 9.17) is 4.98 Å². The van der Waals surface area contributed by atoms with Crippen LogP contribution in [0.4, 0.5) is 0 Å². The van der Waals surface area contributed by atoms with E-state index in [1.54, 1.807) is 0 Å². The summed E-state index contributed by atoms with van der Waals surface area (Å²) in [6.07, 6.45) is 0. The van der Waals surface area contributed by atoms with Gasteiger partial charge in [0.2, 0.25) is 0 Å². The van der Waals surface area contributed by atoms with Crippen LogP contribution in [-0.2, 0) is 0 Å². The van der Waals surface area contributed by atoms with Crippen LogP contribution in [0.25, 0.3) is 55.6 Å². The second-order valence-corrected chi connectivity index (χ2v) is 11.6. The van der Waals surface area contributed by atoms with Crippen molar-refractivity contribution in [2.24, 2.45) is 0 Å². The molecule has 0 saturated carbocycles. The predicted molar refractivity (Wildman–Crippen MR) is 174 cm³/mol. The van der Waals surface area contributed by atoms with Crippen LogP contribution in [0.2, 0.25) is 0 Å². The van der Waals surface area contributed by atoms with Gasteiger partial charge in [-0.2, -0.15) is 5.26 Å². The summed E-state index contributed by atoms with van der Waals surface area (Å²) in [6.45, 7) is 9.05. The van der Waals surface area contributed by atoms with Gasteiger partial charge in [0.25, 0.3) is 0 Å². The second kappa shape index (κ2) is 10.0. The fraction of sp³-hybridized carbons (Fsp3) is 0.158. The Morgan fingerprint density at radius 2 is 1.26 bits per heavy atom. The standard InChI is InChI=1S/C38H32N4/c1-24(2)29-13-10-14-30(25(3)4)37(29)42-36-16-9-8-15-33(36)40-38(42)27-18-20-35-32(22-27)31-21-26(23-39)17-19-34(31)41(35)28-11-6-5-7-12-28/h5-22,24-25H,1-4H3. The van der Waals surface area contributed by atoms with E-state index in [1.807, 2.05) is 18.2 Å². The van der Waals surface area contributed by atoms with E-state index in [9.17, 15) is 5.26 Å². The Morgan fingerprint density at radius 1 is 0.619 bits per heavy atom. The van der Waals surface area contributed by atoms with Crippen molar-refractivity contribution in [3.8, 4) is 28.8 Å². The molecule has 0 bridgehead atoms. The average molecular weight is 545 g/mol. The van der Waals surface area contributed by atoms with Gasteiger partial charge in [0.15, 0.2) is 0 Å². The Morgan fingerprint density at radius 3 is 1.95 bits per heavy atom. The number of imidazole rings is 1. The van der Waals surface area contributed by atoms with E-state index in [1.165, 1.54) is 16.8 Å². The summed E-state index contributed by atoms with van der Waals surface area (Å²) in [5.41, 5.74) is 10.9. The van der Waals surface area contributed by atoms with E-state index in [2.05, 4.69) is 134 Å². The Kier molecular flexibility index (Phi) is 6.17. The number of hydrogen-bond donors (Lipinski definition) is 0. The first-order valence-corrected chi connectivity index (χ1v) is 14.6. The molecule has 4 heteroatoms. The molecular formula is C38H32N4. The van der Waals surface area contributed by atoms with Gasteiger partial charge in [-0.15, -0.1) is 0 Å². The molecule has 0 fully saturated rings. The van der Waals surface area contributed by atoms with Crippen LogP contribution in [0.5, 0.6) is 0 Å². The van der Waals surface area contributed by atoms with Gasteiger partial charge in [0.05, 0.1) is 39.4 Å². The van der Waals surface area contributed by atoms with Crippen LogP contribution in [-0.4, -0.2) is 14.1 Å². The molecule has 5 aromatic carbocycles. The molecule has 2 aromatic heterocycles. The third-order valence-corrected chi connectivity index (χ3v) is 8.29. The van der Waals surface area contributed by atoms with Crippen LogP contribution >= 0.6 is 0 Å². The first-order valence-electron chi connectivity index (χ1n) is 14.6. The lowest BCUT2D eigenvalue weighted by molar-refractivity contribution is 0.811. The van der Waals surface area contributed by atoms with Gasteiger partial charge in [-0.1, -0.05) is 76.2 Å². The highest BCUT2D eigenvalue weighted by atomic mass is 15.1. The monoisotopic (exact) mass is 544 g/mol. The molecule has 0 amide bonds. The average Bonchev–Trinajstić information content (AvgIpc) is 3.56. The van der Waals surface area contributed by atoms with Crippen molar-refractivity contribution in [1.29, 1.82) is 5.26 Å². The van der Waals surface area contributed by atoms with Crippen LogP contribution in [0.1, 0.15) is 56.2 Å². The summed E-state index contributed by atoms with van der Waals surface area (Å²) in [7, 11) is 0. The van der Waals surface area contributed by atoms with Crippen LogP contribution in [0.3, 0.4) is 0 Å². The van der Waals surface area contributed by atoms with Crippen molar-refractivity contribution in [1.82, 2.24) is 14.1 Å². The molecule has 0 saturated heterocycles. The van der Waals surface area contributed by atoms with Crippen molar-refractivity contribution in [3.05, 3.63) is 126 Å². The number of nitrogens with zero attached hydrogens (tertiary/aromatic N) is 4. The zero-order valence-electron chi connectivity index (χ0n) is 24.3. The SMILES string of the molecule is CC(C)c1cccc(C(C)C)c1-n1c(-c2ccc3c(c2)c2cc(C#N)ccc2n3-c2ccccc2)nc2ccccc21. The third-order valence-electron chi connectivity index (χ3n) is 8.29. The van der Waals surface area contributed by atoms with E-state index in [0.717, 1.165) is 49.9 Å². The lowest BCUT2D eigenvalue weighted by Gasteiger charge is -2.22. The molecule has 204 valence electrons. The quantitative estimate of drug-likeness (QED) is 0.216. The molecule has 0 aliphatic rings. The first-order chi connectivity index (χ1) is 20.5. The largest absolute Gasteiger partial charge is 0.309 e.